The largest absolute Gasteiger partial charge is 0.456 e. The van der Waals surface area contributed by atoms with Gasteiger partial charge in [0.2, 0.25) is 0 Å². The first-order valence-electron chi connectivity index (χ1n) is 21.5. The van der Waals surface area contributed by atoms with Crippen LogP contribution in [-0.2, 0) is 0 Å². The molecule has 5 nitrogen and oxygen atoms in total. The van der Waals surface area contributed by atoms with Crippen molar-refractivity contribution in [1.29, 1.82) is 0 Å². The molecule has 0 saturated carbocycles. The number of furan rings is 1. The molecule has 2 aliphatic rings. The van der Waals surface area contributed by atoms with Crippen LogP contribution < -0.4 is 20.0 Å². The quantitative estimate of drug-likeness (QED) is 0.162. The molecule has 12 aromatic rings. The second-order valence-corrected chi connectivity index (χ2v) is 17.6. The molecular weight excluding hydrogens is 788 g/mol. The zero-order valence-electron chi connectivity index (χ0n) is 33.9. The van der Waals surface area contributed by atoms with Gasteiger partial charge in [-0.25, -0.2) is 0 Å². The average molecular weight is 823 g/mol. The lowest BCUT2D eigenvalue weighted by molar-refractivity contribution is 0.669. The van der Waals surface area contributed by atoms with Crippen molar-refractivity contribution in [2.75, 3.05) is 9.80 Å². The first-order valence-corrected chi connectivity index (χ1v) is 22.3. The maximum Gasteiger partial charge on any atom is 0.345 e. The number of thiophene rings is 1. The Hall–Kier alpha value is -8.00. The highest BCUT2D eigenvalue weighted by Crippen LogP contribution is 2.50. The molecule has 0 spiro atoms. The van der Waals surface area contributed by atoms with E-state index in [0.29, 0.717) is 0 Å². The van der Waals surface area contributed by atoms with Crippen molar-refractivity contribution in [3.8, 4) is 27.3 Å². The van der Waals surface area contributed by atoms with E-state index in [0.717, 1.165) is 50.5 Å². The molecule has 63 heavy (non-hydrogen) atoms. The molecule has 6 heterocycles. The van der Waals surface area contributed by atoms with Crippen LogP contribution in [0.4, 0.5) is 34.3 Å². The minimum atomic E-state index is -0.0955. The van der Waals surface area contributed by atoms with E-state index in [-0.39, 0.29) is 6.85 Å². The van der Waals surface area contributed by atoms with Gasteiger partial charge in [-0.15, -0.1) is 11.3 Å². The topological polar surface area (TPSA) is 29.5 Å². The van der Waals surface area contributed by atoms with Gasteiger partial charge in [0, 0.05) is 55.1 Å². The molecule has 0 fully saturated rings. The maximum absolute atomic E-state index is 6.53. The van der Waals surface area contributed by atoms with E-state index in [4.69, 9.17) is 4.42 Å². The minimum Gasteiger partial charge on any atom is -0.456 e. The maximum atomic E-state index is 6.53. The number of rotatable bonds is 5. The van der Waals surface area contributed by atoms with Gasteiger partial charge in [-0.2, -0.15) is 0 Å². The third-order valence-corrected chi connectivity index (χ3v) is 14.3. The number of benzene rings is 8. The Morgan fingerprint density at radius 1 is 0.429 bits per heavy atom. The first-order chi connectivity index (χ1) is 31.3. The van der Waals surface area contributed by atoms with Crippen LogP contribution in [0.15, 0.2) is 217 Å². The molecular formula is C56H35BN4OS. The van der Waals surface area contributed by atoms with Crippen LogP contribution >= 0.6 is 11.3 Å². The Balaban J connectivity index is 1.07. The van der Waals surface area contributed by atoms with Crippen LogP contribution in [0.25, 0.3) is 71.0 Å². The molecule has 0 saturated heterocycles. The Labute approximate surface area is 367 Å². The number of hydrogen-bond donors (Lipinski definition) is 0. The van der Waals surface area contributed by atoms with Crippen molar-refractivity contribution in [2.45, 2.75) is 0 Å². The number of anilines is 6. The average Bonchev–Trinajstić information content (AvgIpc) is 4.14. The summed E-state index contributed by atoms with van der Waals surface area (Å²) in [5.41, 5.74) is 15.9. The van der Waals surface area contributed by atoms with Crippen LogP contribution in [0.5, 0.6) is 0 Å². The summed E-state index contributed by atoms with van der Waals surface area (Å²) in [6.07, 6.45) is 2.40. The summed E-state index contributed by atoms with van der Waals surface area (Å²) in [5.74, 6) is 1.12. The lowest BCUT2D eigenvalue weighted by atomic mass is 9.50. The standard InChI is InChI=1S/C56H35BN4OS/c1-3-15-36(16-4-1)37-29-31-39(32-30-37)60-47-25-13-26-48-55(47)57(58-35-40(33-53(58)60)59-44-22-10-7-19-41(44)42-20-8-11-23-45(42)59)56-49(34-52(63-56)38-17-5-2-6-18-38)61(48)46-24-14-28-51-54(46)43-21-9-12-27-50(43)62-51/h1-35H. The van der Waals surface area contributed by atoms with Gasteiger partial charge in [-0.05, 0) is 82.8 Å². The van der Waals surface area contributed by atoms with E-state index < -0.39 is 0 Å². The number of fused-ring (bicyclic) bond motifs is 10. The van der Waals surface area contributed by atoms with Crippen LogP contribution in [0.2, 0.25) is 0 Å². The number of nitrogens with zero attached hydrogens (tertiary/aromatic N) is 4. The van der Waals surface area contributed by atoms with Crippen molar-refractivity contribution in [3.63, 3.8) is 0 Å². The number of hydrogen-bond acceptors (Lipinski definition) is 4. The van der Waals surface area contributed by atoms with Crippen molar-refractivity contribution in [2.24, 2.45) is 0 Å². The predicted molar refractivity (Wildman–Crippen MR) is 265 cm³/mol. The summed E-state index contributed by atoms with van der Waals surface area (Å²) in [4.78, 5) is 6.22. The summed E-state index contributed by atoms with van der Waals surface area (Å²) in [7, 11) is 0. The second kappa shape index (κ2) is 13.3. The van der Waals surface area contributed by atoms with Gasteiger partial charge in [-0.1, -0.05) is 140 Å². The molecule has 0 N–H and O–H groups in total. The lowest BCUT2D eigenvalue weighted by Gasteiger charge is -2.42. The summed E-state index contributed by atoms with van der Waals surface area (Å²) >= 11 is 1.90. The van der Waals surface area contributed by atoms with Gasteiger partial charge in [0.25, 0.3) is 0 Å². The molecule has 0 radical (unpaired) electrons. The Kier molecular flexibility index (Phi) is 7.30. The highest BCUT2D eigenvalue weighted by molar-refractivity contribution is 7.29. The zero-order chi connectivity index (χ0) is 41.2. The minimum absolute atomic E-state index is 0.0955. The molecule has 0 amide bonds. The predicted octanol–water partition coefficient (Wildman–Crippen LogP) is 14.1. The number of aromatic nitrogens is 2. The molecule has 4 aromatic heterocycles. The Morgan fingerprint density at radius 2 is 1.02 bits per heavy atom. The van der Waals surface area contributed by atoms with Gasteiger partial charge < -0.3 is 18.4 Å². The molecule has 7 heteroatoms. The molecule has 0 atom stereocenters. The van der Waals surface area contributed by atoms with E-state index in [1.54, 1.807) is 0 Å². The van der Waals surface area contributed by atoms with Crippen LogP contribution in [-0.4, -0.2) is 15.9 Å². The first kappa shape index (κ1) is 34.7. The van der Waals surface area contributed by atoms with E-state index >= 15 is 0 Å². The van der Waals surface area contributed by atoms with Gasteiger partial charge in [-0.3, -0.25) is 4.90 Å². The third kappa shape index (κ3) is 4.99. The van der Waals surface area contributed by atoms with Crippen molar-refractivity contribution < 1.29 is 4.42 Å². The van der Waals surface area contributed by atoms with Crippen LogP contribution in [0.3, 0.4) is 0 Å². The molecule has 0 unspecified atom stereocenters. The van der Waals surface area contributed by atoms with Crippen molar-refractivity contribution in [3.05, 3.63) is 212 Å². The van der Waals surface area contributed by atoms with Crippen molar-refractivity contribution >= 4 is 106 Å². The highest BCUT2D eigenvalue weighted by atomic mass is 32.1. The van der Waals surface area contributed by atoms with Gasteiger partial charge >= 0.3 is 6.85 Å². The summed E-state index contributed by atoms with van der Waals surface area (Å²) in [6, 6.07) is 74.7. The number of para-hydroxylation sites is 3. The van der Waals surface area contributed by atoms with E-state index in [9.17, 15) is 0 Å². The molecule has 0 bridgehead atoms. The smallest absolute Gasteiger partial charge is 0.345 e. The molecule has 14 rings (SSSR count). The van der Waals surface area contributed by atoms with Gasteiger partial charge in [0.1, 0.15) is 17.0 Å². The van der Waals surface area contributed by atoms with E-state index in [1.165, 1.54) is 65.0 Å². The fourth-order valence-electron chi connectivity index (χ4n) is 10.4. The van der Waals surface area contributed by atoms with Gasteiger partial charge in [0.15, 0.2) is 0 Å². The van der Waals surface area contributed by atoms with E-state index in [1.807, 2.05) is 11.3 Å². The highest BCUT2D eigenvalue weighted by Gasteiger charge is 2.46. The molecule has 294 valence electrons. The van der Waals surface area contributed by atoms with Gasteiger partial charge in [0.05, 0.1) is 33.5 Å². The lowest BCUT2D eigenvalue weighted by Crippen LogP contribution is -2.57. The summed E-state index contributed by atoms with van der Waals surface area (Å²) in [6.45, 7) is -0.0955. The van der Waals surface area contributed by atoms with Crippen LogP contribution in [0.1, 0.15) is 0 Å². The third-order valence-electron chi connectivity index (χ3n) is 13.1. The fourth-order valence-corrected chi connectivity index (χ4v) is 11.7. The van der Waals surface area contributed by atoms with E-state index in [2.05, 4.69) is 231 Å². The normalized spacial score (nSPS) is 13.0. The van der Waals surface area contributed by atoms with Crippen molar-refractivity contribution in [1.82, 2.24) is 9.05 Å². The Morgan fingerprint density at radius 3 is 1.76 bits per heavy atom. The second-order valence-electron chi connectivity index (χ2n) is 16.5. The fraction of sp³-hybridized carbons (Fsp3) is 0. The monoisotopic (exact) mass is 822 g/mol. The molecule has 2 aliphatic heterocycles. The summed E-state index contributed by atoms with van der Waals surface area (Å²) in [5, 5.41) is 4.72. The molecule has 0 aliphatic carbocycles. The SMILES string of the molecule is c1ccc(-c2ccc(N3c4cccc5c4B(c4sc(-c6ccccc6)cc4N5c4cccc5oc6ccccc6c45)n4cc(-n5c6ccccc6c6ccccc65)cc43)cc2)cc1. The Bertz CT molecular complexity index is 3720. The summed E-state index contributed by atoms with van der Waals surface area (Å²) < 4.78 is 12.8. The zero-order valence-corrected chi connectivity index (χ0v) is 34.7. The van der Waals surface area contributed by atoms with Crippen LogP contribution in [0, 0.1) is 0 Å². The molecule has 8 aromatic carbocycles.